The molecule has 0 aromatic carbocycles. The third kappa shape index (κ3) is 2.34. The van der Waals surface area contributed by atoms with Crippen LogP contribution in [0.1, 0.15) is 18.8 Å². The molecular weight excluding hydrogens is 307 g/mol. The van der Waals surface area contributed by atoms with Gasteiger partial charge in [-0.3, -0.25) is 4.98 Å². The summed E-state index contributed by atoms with van der Waals surface area (Å²) in [6.45, 7) is 2.80. The lowest BCUT2D eigenvalue weighted by Gasteiger charge is -2.27. The summed E-state index contributed by atoms with van der Waals surface area (Å²) in [6.07, 6.45) is 9.01. The lowest BCUT2D eigenvalue weighted by Crippen LogP contribution is -2.27. The summed E-state index contributed by atoms with van der Waals surface area (Å²) >= 11 is 0. The van der Waals surface area contributed by atoms with Crippen LogP contribution >= 0.6 is 0 Å². The second kappa shape index (κ2) is 5.84. The summed E-state index contributed by atoms with van der Waals surface area (Å²) in [5.74, 6) is 0.720. The van der Waals surface area contributed by atoms with Gasteiger partial charge in [-0.25, -0.2) is 15.0 Å². The number of aromatic nitrogens is 4. The number of allylic oxidation sites excluding steroid dienone is 1. The summed E-state index contributed by atoms with van der Waals surface area (Å²) in [5.41, 5.74) is 1.84. The smallest absolute Gasteiger partial charge is 0.214 e. The van der Waals surface area contributed by atoms with Gasteiger partial charge >= 0.3 is 0 Å². The van der Waals surface area contributed by atoms with Gasteiger partial charge in [0, 0.05) is 19.0 Å². The number of hydrazone groups is 1. The molecule has 120 valence electrons. The molecular formula is C17H15FN6. The molecule has 0 amide bonds. The number of hydrogen-bond donors (Lipinski definition) is 0. The van der Waals surface area contributed by atoms with Crippen molar-refractivity contribution in [1.82, 2.24) is 19.5 Å². The van der Waals surface area contributed by atoms with Crippen molar-refractivity contribution >= 4 is 23.1 Å². The highest BCUT2D eigenvalue weighted by atomic mass is 19.1. The van der Waals surface area contributed by atoms with Gasteiger partial charge in [0.05, 0.1) is 17.2 Å². The number of hydrogen-bond acceptors (Lipinski definition) is 5. The van der Waals surface area contributed by atoms with Gasteiger partial charge in [0.2, 0.25) is 5.95 Å². The number of anilines is 1. The minimum atomic E-state index is -0.538. The molecule has 0 saturated carbocycles. The number of fused-ring (bicyclic) bond motifs is 1. The predicted molar refractivity (Wildman–Crippen MR) is 90.2 cm³/mol. The highest BCUT2D eigenvalue weighted by Gasteiger charge is 2.26. The van der Waals surface area contributed by atoms with Gasteiger partial charge in [0.25, 0.3) is 0 Å². The van der Waals surface area contributed by atoms with Gasteiger partial charge in [-0.15, -0.1) is 0 Å². The Bertz CT molecular complexity index is 945. The van der Waals surface area contributed by atoms with E-state index in [1.807, 2.05) is 18.2 Å². The van der Waals surface area contributed by atoms with Crippen LogP contribution in [0.5, 0.6) is 0 Å². The SMILES string of the molecule is CCn1c(C2C=CC=NN2c2cccc(F)n2)nc2ccncc21. The van der Waals surface area contributed by atoms with Gasteiger partial charge in [-0.2, -0.15) is 9.49 Å². The second-order valence-electron chi connectivity index (χ2n) is 5.34. The van der Waals surface area contributed by atoms with Crippen molar-refractivity contribution in [3.05, 3.63) is 60.6 Å². The summed E-state index contributed by atoms with van der Waals surface area (Å²) < 4.78 is 15.6. The first kappa shape index (κ1) is 14.5. The molecule has 0 bridgehead atoms. The zero-order chi connectivity index (χ0) is 16.5. The van der Waals surface area contributed by atoms with Gasteiger partial charge in [-0.05, 0) is 31.2 Å². The van der Waals surface area contributed by atoms with Crippen molar-refractivity contribution < 1.29 is 4.39 Å². The quantitative estimate of drug-likeness (QED) is 0.695. The van der Waals surface area contributed by atoms with Gasteiger partial charge in [0.15, 0.2) is 5.82 Å². The van der Waals surface area contributed by atoms with Crippen LogP contribution < -0.4 is 5.01 Å². The average Bonchev–Trinajstić information content (AvgIpc) is 3.00. The number of nitrogens with zero attached hydrogens (tertiary/aromatic N) is 6. The molecule has 0 spiro atoms. The van der Waals surface area contributed by atoms with Gasteiger partial charge in [0.1, 0.15) is 11.9 Å². The minimum Gasteiger partial charge on any atom is -0.325 e. The van der Waals surface area contributed by atoms with E-state index in [2.05, 4.69) is 26.6 Å². The fraction of sp³-hybridized carbons (Fsp3) is 0.176. The first-order valence-electron chi connectivity index (χ1n) is 7.70. The zero-order valence-electron chi connectivity index (χ0n) is 13.0. The molecule has 3 aromatic rings. The summed E-state index contributed by atoms with van der Waals surface area (Å²) in [4.78, 5) is 12.9. The molecule has 0 aliphatic carbocycles. The fourth-order valence-electron chi connectivity index (χ4n) is 2.89. The van der Waals surface area contributed by atoms with Crippen LogP contribution in [0.2, 0.25) is 0 Å². The van der Waals surface area contributed by atoms with Gasteiger partial charge in [-0.1, -0.05) is 12.1 Å². The van der Waals surface area contributed by atoms with E-state index in [4.69, 9.17) is 4.98 Å². The van der Waals surface area contributed by atoms with E-state index in [0.717, 1.165) is 23.4 Å². The highest BCUT2D eigenvalue weighted by Crippen LogP contribution is 2.30. The van der Waals surface area contributed by atoms with Crippen molar-refractivity contribution in [1.29, 1.82) is 0 Å². The van der Waals surface area contributed by atoms with Crippen LogP contribution in [0.15, 0.2) is 53.9 Å². The van der Waals surface area contributed by atoms with Crippen molar-refractivity contribution in [3.63, 3.8) is 0 Å². The second-order valence-corrected chi connectivity index (χ2v) is 5.34. The Hall–Kier alpha value is -3.09. The van der Waals surface area contributed by atoms with E-state index < -0.39 is 5.95 Å². The first-order valence-corrected chi connectivity index (χ1v) is 7.70. The molecule has 0 N–H and O–H groups in total. The van der Waals surface area contributed by atoms with Crippen LogP contribution in [-0.4, -0.2) is 25.7 Å². The normalized spacial score (nSPS) is 16.9. The van der Waals surface area contributed by atoms with E-state index in [1.54, 1.807) is 35.7 Å². The Kier molecular flexibility index (Phi) is 3.53. The molecule has 0 fully saturated rings. The number of imidazole rings is 1. The zero-order valence-corrected chi connectivity index (χ0v) is 13.0. The van der Waals surface area contributed by atoms with E-state index in [1.165, 1.54) is 6.07 Å². The van der Waals surface area contributed by atoms with Crippen LogP contribution in [0.25, 0.3) is 11.0 Å². The van der Waals surface area contributed by atoms with E-state index in [-0.39, 0.29) is 6.04 Å². The lowest BCUT2D eigenvalue weighted by molar-refractivity contribution is 0.573. The molecule has 4 rings (SSSR count). The largest absolute Gasteiger partial charge is 0.325 e. The van der Waals surface area contributed by atoms with Crippen molar-refractivity contribution in [2.75, 3.05) is 5.01 Å². The molecule has 1 atom stereocenters. The minimum absolute atomic E-state index is 0.267. The van der Waals surface area contributed by atoms with Crippen molar-refractivity contribution in [3.8, 4) is 0 Å². The van der Waals surface area contributed by atoms with Crippen LogP contribution in [-0.2, 0) is 6.54 Å². The summed E-state index contributed by atoms with van der Waals surface area (Å²) in [7, 11) is 0. The third-order valence-corrected chi connectivity index (χ3v) is 3.93. The lowest BCUT2D eigenvalue weighted by atomic mass is 10.2. The third-order valence-electron chi connectivity index (χ3n) is 3.93. The molecule has 1 unspecified atom stereocenters. The number of rotatable bonds is 3. The first-order chi connectivity index (χ1) is 11.8. The maximum absolute atomic E-state index is 13.5. The molecule has 1 aliphatic heterocycles. The Morgan fingerprint density at radius 1 is 1.21 bits per heavy atom. The fourth-order valence-corrected chi connectivity index (χ4v) is 2.89. The standard InChI is InChI=1S/C17H15FN6/c1-2-23-14-11-19-10-8-12(14)21-17(23)13-5-4-9-20-24(13)16-7-3-6-15(18)22-16/h3-11,13H,2H2,1H3. The van der Waals surface area contributed by atoms with E-state index >= 15 is 0 Å². The number of halogens is 1. The van der Waals surface area contributed by atoms with Crippen LogP contribution in [0.4, 0.5) is 10.2 Å². The molecule has 24 heavy (non-hydrogen) atoms. The van der Waals surface area contributed by atoms with Crippen LogP contribution in [0.3, 0.4) is 0 Å². The maximum atomic E-state index is 13.5. The van der Waals surface area contributed by atoms with Crippen LogP contribution in [0, 0.1) is 5.95 Å². The Morgan fingerprint density at radius 2 is 2.12 bits per heavy atom. The maximum Gasteiger partial charge on any atom is 0.214 e. The number of aryl methyl sites for hydroxylation is 1. The Balaban J connectivity index is 1.85. The molecule has 4 heterocycles. The summed E-state index contributed by atoms with van der Waals surface area (Å²) in [5, 5.41) is 6.04. The topological polar surface area (TPSA) is 59.2 Å². The molecule has 0 saturated heterocycles. The number of pyridine rings is 2. The highest BCUT2D eigenvalue weighted by molar-refractivity contribution is 5.77. The van der Waals surface area contributed by atoms with E-state index in [9.17, 15) is 4.39 Å². The molecule has 7 heteroatoms. The molecule has 6 nitrogen and oxygen atoms in total. The Labute approximate surface area is 138 Å². The molecule has 1 aliphatic rings. The monoisotopic (exact) mass is 322 g/mol. The molecule has 0 radical (unpaired) electrons. The summed E-state index contributed by atoms with van der Waals surface area (Å²) in [6, 6.07) is 6.28. The van der Waals surface area contributed by atoms with Crippen molar-refractivity contribution in [2.24, 2.45) is 5.10 Å². The molecule has 3 aromatic heterocycles. The van der Waals surface area contributed by atoms with Crippen molar-refractivity contribution in [2.45, 2.75) is 19.5 Å². The predicted octanol–water partition coefficient (Wildman–Crippen LogP) is 3.09. The van der Waals surface area contributed by atoms with E-state index in [0.29, 0.717) is 5.82 Å². The van der Waals surface area contributed by atoms with Gasteiger partial charge < -0.3 is 4.57 Å². The Morgan fingerprint density at radius 3 is 2.96 bits per heavy atom. The average molecular weight is 322 g/mol.